The molecule has 5 nitrogen and oxygen atoms in total. The maximum atomic E-state index is 5.95. The highest BCUT2D eigenvalue weighted by Crippen LogP contribution is 2.20. The zero-order valence-electron chi connectivity index (χ0n) is 11.0. The van der Waals surface area contributed by atoms with Gasteiger partial charge in [-0.05, 0) is 11.2 Å². The summed E-state index contributed by atoms with van der Waals surface area (Å²) >= 11 is 0. The Kier molecular flexibility index (Phi) is 3.09. The summed E-state index contributed by atoms with van der Waals surface area (Å²) in [6.45, 7) is 0. The van der Waals surface area contributed by atoms with Gasteiger partial charge < -0.3 is 4.84 Å². The number of fused-ring (bicyclic) bond motifs is 1. The minimum atomic E-state index is 0.568. The van der Waals surface area contributed by atoms with Crippen molar-refractivity contribution in [1.29, 1.82) is 0 Å². The lowest BCUT2D eigenvalue weighted by Gasteiger charge is -2.06. The van der Waals surface area contributed by atoms with E-state index in [0.717, 1.165) is 22.5 Å². The quantitative estimate of drug-likeness (QED) is 0.785. The maximum absolute atomic E-state index is 5.95. The summed E-state index contributed by atoms with van der Waals surface area (Å²) in [5.74, 6) is 0. The van der Waals surface area contributed by atoms with E-state index < -0.39 is 0 Å². The van der Waals surface area contributed by atoms with Crippen LogP contribution in [0.15, 0.2) is 47.6 Å². The molecular formula is C15H14N4O+2. The van der Waals surface area contributed by atoms with E-state index in [2.05, 4.69) is 15.4 Å². The highest BCUT2D eigenvalue weighted by atomic mass is 16.6. The summed E-state index contributed by atoms with van der Waals surface area (Å²) in [6.07, 6.45) is 3.65. The van der Waals surface area contributed by atoms with Gasteiger partial charge in [-0.3, -0.25) is 5.41 Å². The number of aromatic nitrogens is 2. The molecule has 0 amide bonds. The molecule has 3 N–H and O–H groups in total. The zero-order valence-corrected chi connectivity index (χ0v) is 11.0. The molecule has 3 rings (SSSR count). The average molecular weight is 266 g/mol. The summed E-state index contributed by atoms with van der Waals surface area (Å²) in [5.41, 5.74) is 4.77. The monoisotopic (exact) mass is 266 g/mol. The predicted molar refractivity (Wildman–Crippen MR) is 75.7 cm³/mol. The number of oxime groups is 1. The number of nitrogens with two attached hydrogens (primary N) is 1. The van der Waals surface area contributed by atoms with Gasteiger partial charge in [0.25, 0.3) is 0 Å². The van der Waals surface area contributed by atoms with E-state index in [1.807, 2.05) is 42.5 Å². The van der Waals surface area contributed by atoms with Crippen LogP contribution < -0.4 is 10.5 Å². The molecule has 0 saturated carbocycles. The minimum Gasteiger partial charge on any atom is -0.398 e. The van der Waals surface area contributed by atoms with E-state index in [-0.39, 0.29) is 0 Å². The minimum absolute atomic E-state index is 0.568. The highest BCUT2D eigenvalue weighted by Gasteiger charge is 2.26. The third-order valence-electron chi connectivity index (χ3n) is 3.08. The van der Waals surface area contributed by atoms with Gasteiger partial charge in [-0.15, -0.1) is 0 Å². The van der Waals surface area contributed by atoms with Crippen LogP contribution in [0, 0.1) is 0 Å². The van der Waals surface area contributed by atoms with Gasteiger partial charge in [-0.25, -0.2) is 0 Å². The van der Waals surface area contributed by atoms with Crippen molar-refractivity contribution < 1.29 is 15.3 Å². The predicted octanol–water partition coefficient (Wildman–Crippen LogP) is 0.140. The van der Waals surface area contributed by atoms with Gasteiger partial charge in [-0.1, -0.05) is 40.6 Å². The van der Waals surface area contributed by atoms with Gasteiger partial charge in [0.2, 0.25) is 11.4 Å². The molecule has 0 saturated heterocycles. The Bertz CT molecular complexity index is 720. The molecule has 20 heavy (non-hydrogen) atoms. The van der Waals surface area contributed by atoms with Crippen LogP contribution in [0.1, 0.15) is 11.3 Å². The molecule has 1 aliphatic carbocycles. The van der Waals surface area contributed by atoms with E-state index >= 15 is 0 Å². The molecule has 0 atom stereocenters. The first-order valence-electron chi connectivity index (χ1n) is 6.20. The van der Waals surface area contributed by atoms with Crippen molar-refractivity contribution in [3.05, 3.63) is 53.7 Å². The van der Waals surface area contributed by atoms with Crippen molar-refractivity contribution in [2.45, 2.75) is 0 Å². The van der Waals surface area contributed by atoms with Crippen molar-refractivity contribution in [1.82, 2.24) is 5.10 Å². The largest absolute Gasteiger partial charge is 0.398 e. The average Bonchev–Trinajstić information content (AvgIpc) is 2.51. The van der Waals surface area contributed by atoms with E-state index in [1.165, 1.54) is 7.11 Å². The zero-order chi connectivity index (χ0) is 13.9. The van der Waals surface area contributed by atoms with Crippen LogP contribution in [0.3, 0.4) is 0 Å². The molecule has 1 aromatic heterocycles. The number of hydrogen-bond acceptors (Lipinski definition) is 3. The lowest BCUT2D eigenvalue weighted by molar-refractivity contribution is -0.456. The summed E-state index contributed by atoms with van der Waals surface area (Å²) in [6, 6.07) is 11.9. The molecule has 1 heterocycles. The van der Waals surface area contributed by atoms with Crippen LogP contribution in [0.4, 0.5) is 0 Å². The topological polar surface area (TPSA) is 74.2 Å². The second-order valence-corrected chi connectivity index (χ2v) is 4.36. The molecule has 2 aromatic rings. The van der Waals surface area contributed by atoms with Crippen molar-refractivity contribution in [3.8, 4) is 11.3 Å². The summed E-state index contributed by atoms with van der Waals surface area (Å²) < 4.78 is 0. The van der Waals surface area contributed by atoms with E-state index in [1.54, 1.807) is 6.08 Å². The van der Waals surface area contributed by atoms with Crippen LogP contribution in [0.25, 0.3) is 17.3 Å². The molecule has 98 valence electrons. The molecule has 0 radical (unpaired) electrons. The standard InChI is InChI=1S/C15H12N4O/c1-20-19-15-11-9-14(10-5-3-2-4-6-10)18-17-13(11)8-7-12(15)16/h2-9,16H,1H3/p+2. The fourth-order valence-corrected chi connectivity index (χ4v) is 2.11. The number of benzene rings is 1. The Morgan fingerprint density at radius 1 is 1.20 bits per heavy atom. The van der Waals surface area contributed by atoms with Crippen molar-refractivity contribution in [2.75, 3.05) is 7.11 Å². The molecule has 1 aromatic carbocycles. The number of nitrogens with zero attached hydrogens (tertiary/aromatic N) is 2. The molecule has 0 spiro atoms. The van der Waals surface area contributed by atoms with Crippen LogP contribution in [0.5, 0.6) is 0 Å². The van der Waals surface area contributed by atoms with E-state index in [9.17, 15) is 0 Å². The maximum Gasteiger partial charge on any atom is 0.239 e. The lowest BCUT2D eigenvalue weighted by Crippen LogP contribution is -2.46. The molecule has 0 bridgehead atoms. The second kappa shape index (κ2) is 5.05. The van der Waals surface area contributed by atoms with Gasteiger partial charge in [0.05, 0.1) is 5.56 Å². The van der Waals surface area contributed by atoms with Gasteiger partial charge in [0.1, 0.15) is 12.8 Å². The Hall–Kier alpha value is -2.82. The third kappa shape index (κ3) is 2.09. The van der Waals surface area contributed by atoms with Crippen molar-refractivity contribution in [3.63, 3.8) is 0 Å². The van der Waals surface area contributed by atoms with Gasteiger partial charge >= 0.3 is 0 Å². The molecule has 5 heteroatoms. The Morgan fingerprint density at radius 3 is 2.75 bits per heavy atom. The van der Waals surface area contributed by atoms with Crippen molar-refractivity contribution >= 4 is 17.5 Å². The number of hydrogen-bond donors (Lipinski definition) is 1. The Morgan fingerprint density at radius 2 is 2.00 bits per heavy atom. The highest BCUT2D eigenvalue weighted by molar-refractivity contribution is 6.51. The van der Waals surface area contributed by atoms with Gasteiger partial charge in [0, 0.05) is 17.7 Å². The number of allylic oxidation sites excluding steroid dienone is 1. The van der Waals surface area contributed by atoms with Crippen LogP contribution in [0.2, 0.25) is 0 Å². The molecular weight excluding hydrogens is 252 g/mol. The van der Waals surface area contributed by atoms with Crippen LogP contribution in [-0.2, 0) is 4.84 Å². The SMILES string of the molecule is CON=C1C(=[NH2+])C=Cc2[nH+]nc(-c3ccccc3)cc21. The Labute approximate surface area is 116 Å². The normalized spacial score (nSPS) is 15.2. The molecule has 0 fully saturated rings. The fourth-order valence-electron chi connectivity index (χ4n) is 2.11. The second-order valence-electron chi connectivity index (χ2n) is 4.36. The first-order chi connectivity index (χ1) is 9.79. The van der Waals surface area contributed by atoms with Crippen molar-refractivity contribution in [2.24, 2.45) is 5.16 Å². The number of rotatable bonds is 2. The number of aromatic amines is 1. The molecule has 0 unspecified atom stereocenters. The van der Waals surface area contributed by atoms with Gasteiger partial charge in [-0.2, -0.15) is 0 Å². The molecule has 1 aliphatic rings. The summed E-state index contributed by atoms with van der Waals surface area (Å²) in [5, 5.41) is 17.3. The lowest BCUT2D eigenvalue weighted by atomic mass is 9.97. The fraction of sp³-hybridized carbons (Fsp3) is 0.0667. The third-order valence-corrected chi connectivity index (χ3v) is 3.08. The van der Waals surface area contributed by atoms with Crippen LogP contribution in [-0.4, -0.2) is 23.6 Å². The van der Waals surface area contributed by atoms with E-state index in [0.29, 0.717) is 11.4 Å². The van der Waals surface area contributed by atoms with Crippen LogP contribution >= 0.6 is 0 Å². The molecule has 0 aliphatic heterocycles. The first-order valence-corrected chi connectivity index (χ1v) is 6.20. The number of H-pyrrole nitrogens is 1. The summed E-state index contributed by atoms with van der Waals surface area (Å²) in [4.78, 5) is 4.87. The number of nitrogens with one attached hydrogen (secondary N) is 1. The first kappa shape index (κ1) is 12.2. The van der Waals surface area contributed by atoms with E-state index in [4.69, 9.17) is 10.2 Å². The Balaban J connectivity index is 2.15. The summed E-state index contributed by atoms with van der Waals surface area (Å²) in [7, 11) is 1.50. The van der Waals surface area contributed by atoms with Gasteiger partial charge in [0.15, 0.2) is 5.71 Å². The smallest absolute Gasteiger partial charge is 0.239 e.